The number of aromatic nitrogens is 1. The van der Waals surface area contributed by atoms with E-state index in [1.54, 1.807) is 12.1 Å². The van der Waals surface area contributed by atoms with Gasteiger partial charge in [0.1, 0.15) is 5.69 Å². The average Bonchev–Trinajstić information content (AvgIpc) is 2.55. The molecular weight excluding hydrogens is 272 g/mol. The molecule has 0 aromatic carbocycles. The van der Waals surface area contributed by atoms with E-state index in [0.29, 0.717) is 17.8 Å². The fourth-order valence-corrected chi connectivity index (χ4v) is 2.21. The van der Waals surface area contributed by atoms with E-state index in [1.165, 1.54) is 12.6 Å². The largest absolute Gasteiger partial charge is 0.409 e. The molecule has 1 aromatic rings. The van der Waals surface area contributed by atoms with Gasteiger partial charge in [0.2, 0.25) is 0 Å². The van der Waals surface area contributed by atoms with Crippen molar-refractivity contribution in [2.75, 3.05) is 13.2 Å². The molecule has 2 heterocycles. The summed E-state index contributed by atoms with van der Waals surface area (Å²) in [6, 6.07) is 3.13. The van der Waals surface area contributed by atoms with Crippen molar-refractivity contribution >= 4 is 11.7 Å². The lowest BCUT2D eigenvalue weighted by Gasteiger charge is -2.22. The molecule has 2 rings (SSSR count). The van der Waals surface area contributed by atoms with Gasteiger partial charge in [0.05, 0.1) is 6.10 Å². The Morgan fingerprint density at radius 1 is 1.52 bits per heavy atom. The summed E-state index contributed by atoms with van der Waals surface area (Å²) in [6.45, 7) is 1.38. The monoisotopic (exact) mass is 292 g/mol. The van der Waals surface area contributed by atoms with Gasteiger partial charge in [-0.2, -0.15) is 0 Å². The van der Waals surface area contributed by atoms with E-state index >= 15 is 0 Å². The van der Waals surface area contributed by atoms with Crippen LogP contribution in [0.3, 0.4) is 0 Å². The zero-order chi connectivity index (χ0) is 15.1. The summed E-state index contributed by atoms with van der Waals surface area (Å²) >= 11 is 0. The van der Waals surface area contributed by atoms with Crippen LogP contribution in [0.2, 0.25) is 0 Å². The number of nitrogens with one attached hydrogen (secondary N) is 1. The number of amides is 1. The first-order chi connectivity index (χ1) is 10.2. The Balaban J connectivity index is 1.80. The SMILES string of the molecule is N/C(=N/O)c1ccc(C(=O)NCCC2CCCCO2)nc1. The van der Waals surface area contributed by atoms with Crippen molar-refractivity contribution in [1.82, 2.24) is 10.3 Å². The quantitative estimate of drug-likeness (QED) is 0.323. The molecule has 7 heteroatoms. The Morgan fingerprint density at radius 2 is 2.38 bits per heavy atom. The number of nitrogens with zero attached hydrogens (tertiary/aromatic N) is 2. The summed E-state index contributed by atoms with van der Waals surface area (Å²) in [5.41, 5.74) is 6.19. The van der Waals surface area contributed by atoms with E-state index < -0.39 is 0 Å². The first-order valence-electron chi connectivity index (χ1n) is 7.04. The van der Waals surface area contributed by atoms with E-state index in [1.807, 2.05) is 0 Å². The van der Waals surface area contributed by atoms with E-state index in [-0.39, 0.29) is 17.8 Å². The van der Waals surface area contributed by atoms with E-state index in [4.69, 9.17) is 15.7 Å². The van der Waals surface area contributed by atoms with Gasteiger partial charge in [-0.1, -0.05) is 5.16 Å². The van der Waals surface area contributed by atoms with Gasteiger partial charge in [0, 0.05) is 24.9 Å². The highest BCUT2D eigenvalue weighted by atomic mass is 16.5. The molecule has 7 nitrogen and oxygen atoms in total. The summed E-state index contributed by atoms with van der Waals surface area (Å²) in [5, 5.41) is 14.2. The lowest BCUT2D eigenvalue weighted by Crippen LogP contribution is -2.30. The highest BCUT2D eigenvalue weighted by molar-refractivity contribution is 5.98. The van der Waals surface area contributed by atoms with E-state index in [0.717, 1.165) is 25.9 Å². The molecule has 0 radical (unpaired) electrons. The van der Waals surface area contributed by atoms with Crippen molar-refractivity contribution in [2.45, 2.75) is 31.8 Å². The molecule has 1 saturated heterocycles. The first kappa shape index (κ1) is 15.2. The Morgan fingerprint density at radius 3 is 3.00 bits per heavy atom. The second-order valence-electron chi connectivity index (χ2n) is 4.95. The minimum Gasteiger partial charge on any atom is -0.409 e. The summed E-state index contributed by atoms with van der Waals surface area (Å²) in [6.07, 6.45) is 5.83. The number of pyridine rings is 1. The molecule has 1 atom stereocenters. The summed E-state index contributed by atoms with van der Waals surface area (Å²) in [4.78, 5) is 15.9. The molecule has 1 amide bonds. The summed E-state index contributed by atoms with van der Waals surface area (Å²) in [5.74, 6) is -0.277. The lowest BCUT2D eigenvalue weighted by atomic mass is 10.1. The normalized spacial score (nSPS) is 19.2. The highest BCUT2D eigenvalue weighted by Crippen LogP contribution is 2.14. The number of ether oxygens (including phenoxy) is 1. The molecule has 0 saturated carbocycles. The van der Waals surface area contributed by atoms with Crippen LogP contribution in [0.25, 0.3) is 0 Å². The summed E-state index contributed by atoms with van der Waals surface area (Å²) in [7, 11) is 0. The van der Waals surface area contributed by atoms with Gasteiger partial charge in [-0.25, -0.2) is 0 Å². The van der Waals surface area contributed by atoms with Crippen LogP contribution < -0.4 is 11.1 Å². The van der Waals surface area contributed by atoms with Crippen LogP contribution in [0, 0.1) is 0 Å². The van der Waals surface area contributed by atoms with Crippen LogP contribution >= 0.6 is 0 Å². The Bertz CT molecular complexity index is 495. The number of rotatable bonds is 5. The predicted octanol–water partition coefficient (Wildman–Crippen LogP) is 0.865. The zero-order valence-electron chi connectivity index (χ0n) is 11.8. The van der Waals surface area contributed by atoms with Gasteiger partial charge < -0.3 is 21.0 Å². The van der Waals surface area contributed by atoms with Crippen LogP contribution in [-0.2, 0) is 4.74 Å². The van der Waals surface area contributed by atoms with Crippen molar-refractivity contribution in [3.05, 3.63) is 29.6 Å². The number of carbonyl (C=O) groups excluding carboxylic acids is 1. The highest BCUT2D eigenvalue weighted by Gasteiger charge is 2.14. The Labute approximate surface area is 123 Å². The van der Waals surface area contributed by atoms with Gasteiger partial charge >= 0.3 is 0 Å². The molecule has 1 aliphatic heterocycles. The van der Waals surface area contributed by atoms with Gasteiger partial charge in [-0.3, -0.25) is 9.78 Å². The van der Waals surface area contributed by atoms with E-state index in [2.05, 4.69) is 15.5 Å². The first-order valence-corrected chi connectivity index (χ1v) is 7.04. The molecule has 1 unspecified atom stereocenters. The number of hydrogen-bond donors (Lipinski definition) is 3. The smallest absolute Gasteiger partial charge is 0.269 e. The maximum Gasteiger partial charge on any atom is 0.269 e. The maximum absolute atomic E-state index is 11.9. The lowest BCUT2D eigenvalue weighted by molar-refractivity contribution is 0.0117. The Kier molecular flexibility index (Phi) is 5.51. The predicted molar refractivity (Wildman–Crippen MR) is 77.3 cm³/mol. The number of carbonyl (C=O) groups is 1. The standard InChI is InChI=1S/C14H20N4O3/c15-13(18-20)10-4-5-12(17-9-10)14(19)16-7-6-11-3-1-2-8-21-11/h4-5,9,11,20H,1-3,6-8H2,(H2,15,18)(H,16,19). The third-order valence-corrected chi connectivity index (χ3v) is 3.43. The van der Waals surface area contributed by atoms with Gasteiger partial charge in [-0.05, 0) is 37.8 Å². The molecule has 1 aromatic heterocycles. The van der Waals surface area contributed by atoms with Gasteiger partial charge in [0.25, 0.3) is 5.91 Å². The van der Waals surface area contributed by atoms with Crippen molar-refractivity contribution in [1.29, 1.82) is 0 Å². The number of nitrogens with two attached hydrogens (primary N) is 1. The van der Waals surface area contributed by atoms with Crippen molar-refractivity contribution in [2.24, 2.45) is 10.9 Å². The van der Waals surface area contributed by atoms with Crippen molar-refractivity contribution < 1.29 is 14.7 Å². The van der Waals surface area contributed by atoms with Gasteiger partial charge in [-0.15, -0.1) is 0 Å². The van der Waals surface area contributed by atoms with Crippen LogP contribution in [0.1, 0.15) is 41.7 Å². The molecule has 1 fully saturated rings. The maximum atomic E-state index is 11.9. The molecule has 21 heavy (non-hydrogen) atoms. The number of amidine groups is 1. The number of oxime groups is 1. The molecule has 4 N–H and O–H groups in total. The minimum atomic E-state index is -0.239. The second kappa shape index (κ2) is 7.58. The topological polar surface area (TPSA) is 110 Å². The second-order valence-corrected chi connectivity index (χ2v) is 4.95. The molecule has 114 valence electrons. The van der Waals surface area contributed by atoms with E-state index in [9.17, 15) is 4.79 Å². The van der Waals surface area contributed by atoms with Crippen LogP contribution in [0.5, 0.6) is 0 Å². The van der Waals surface area contributed by atoms with Crippen molar-refractivity contribution in [3.63, 3.8) is 0 Å². The van der Waals surface area contributed by atoms with Crippen LogP contribution in [0.15, 0.2) is 23.5 Å². The third-order valence-electron chi connectivity index (χ3n) is 3.43. The van der Waals surface area contributed by atoms with Crippen LogP contribution in [0.4, 0.5) is 0 Å². The third kappa shape index (κ3) is 4.42. The molecule has 1 aliphatic rings. The molecular formula is C14H20N4O3. The molecule has 0 spiro atoms. The number of hydrogen-bond acceptors (Lipinski definition) is 5. The van der Waals surface area contributed by atoms with Gasteiger partial charge in [0.15, 0.2) is 5.84 Å². The zero-order valence-corrected chi connectivity index (χ0v) is 11.8. The van der Waals surface area contributed by atoms with Crippen molar-refractivity contribution in [3.8, 4) is 0 Å². The van der Waals surface area contributed by atoms with Crippen LogP contribution in [-0.4, -0.2) is 41.2 Å². The molecule has 0 aliphatic carbocycles. The fourth-order valence-electron chi connectivity index (χ4n) is 2.21. The molecule has 0 bridgehead atoms. The minimum absolute atomic E-state index is 0.0381. The average molecular weight is 292 g/mol. The summed E-state index contributed by atoms with van der Waals surface area (Å²) < 4.78 is 5.60. The Hall–Kier alpha value is -2.15. The fraction of sp³-hybridized carbons (Fsp3) is 0.500.